The summed E-state index contributed by atoms with van der Waals surface area (Å²) in [6, 6.07) is 0. The standard InChI is InChI=1S/C6H11NO2.C4H11N/c8-6(9)5-2-1-3-7-4-5;1-3-5-4-2/h5,7H,1-4H2,(H,8,9);5H,3-4H2,1-2H3/t5-;/m0./s1. The topological polar surface area (TPSA) is 61.4 Å². The molecule has 14 heavy (non-hydrogen) atoms. The van der Waals surface area contributed by atoms with Crippen LogP contribution in [-0.2, 0) is 4.79 Å². The molecule has 0 aromatic rings. The Hall–Kier alpha value is -0.610. The van der Waals surface area contributed by atoms with E-state index in [2.05, 4.69) is 24.5 Å². The van der Waals surface area contributed by atoms with Crippen LogP contribution in [0.4, 0.5) is 0 Å². The maximum absolute atomic E-state index is 10.3. The first-order valence-electron chi connectivity index (χ1n) is 5.36. The van der Waals surface area contributed by atoms with Gasteiger partial charge in [-0.05, 0) is 32.5 Å². The van der Waals surface area contributed by atoms with E-state index in [0.717, 1.165) is 32.5 Å². The van der Waals surface area contributed by atoms with Crippen LogP contribution < -0.4 is 10.6 Å². The summed E-state index contributed by atoms with van der Waals surface area (Å²) in [6.45, 7) is 8.01. The number of carboxylic acids is 1. The first-order chi connectivity index (χ1) is 6.72. The Kier molecular flexibility index (Phi) is 8.57. The third kappa shape index (κ3) is 6.86. The van der Waals surface area contributed by atoms with E-state index in [4.69, 9.17) is 5.11 Å². The van der Waals surface area contributed by atoms with Crippen LogP contribution in [-0.4, -0.2) is 37.3 Å². The lowest BCUT2D eigenvalue weighted by Gasteiger charge is -2.18. The Labute approximate surface area is 86.1 Å². The third-order valence-electron chi connectivity index (χ3n) is 2.15. The zero-order valence-corrected chi connectivity index (χ0v) is 9.18. The van der Waals surface area contributed by atoms with E-state index in [1.165, 1.54) is 0 Å². The molecule has 4 heteroatoms. The molecule has 1 aliphatic rings. The van der Waals surface area contributed by atoms with Gasteiger partial charge in [0.25, 0.3) is 0 Å². The fraction of sp³-hybridized carbons (Fsp3) is 0.900. The van der Waals surface area contributed by atoms with E-state index in [1.807, 2.05) is 0 Å². The fourth-order valence-corrected chi connectivity index (χ4v) is 1.31. The number of carboxylic acid groups (broad SMARTS) is 1. The summed E-state index contributed by atoms with van der Waals surface area (Å²) in [5, 5.41) is 14.6. The van der Waals surface area contributed by atoms with Crippen molar-refractivity contribution in [3.8, 4) is 0 Å². The van der Waals surface area contributed by atoms with Gasteiger partial charge in [0.1, 0.15) is 0 Å². The van der Waals surface area contributed by atoms with Crippen molar-refractivity contribution >= 4 is 5.97 Å². The highest BCUT2D eigenvalue weighted by Gasteiger charge is 2.18. The van der Waals surface area contributed by atoms with Crippen LogP contribution in [0.1, 0.15) is 26.7 Å². The lowest BCUT2D eigenvalue weighted by Crippen LogP contribution is -2.34. The summed E-state index contributed by atoms with van der Waals surface area (Å²) in [5.74, 6) is -0.805. The molecule has 1 rings (SSSR count). The first-order valence-corrected chi connectivity index (χ1v) is 5.36. The highest BCUT2D eigenvalue weighted by atomic mass is 16.4. The van der Waals surface area contributed by atoms with Gasteiger partial charge in [-0.25, -0.2) is 0 Å². The Morgan fingerprint density at radius 3 is 2.36 bits per heavy atom. The monoisotopic (exact) mass is 202 g/mol. The fourth-order valence-electron chi connectivity index (χ4n) is 1.31. The van der Waals surface area contributed by atoms with Gasteiger partial charge in [0.15, 0.2) is 0 Å². The van der Waals surface area contributed by atoms with Gasteiger partial charge in [-0.1, -0.05) is 13.8 Å². The molecule has 0 radical (unpaired) electrons. The maximum Gasteiger partial charge on any atom is 0.307 e. The lowest BCUT2D eigenvalue weighted by atomic mass is 10.0. The number of hydrogen-bond donors (Lipinski definition) is 3. The van der Waals surface area contributed by atoms with Gasteiger partial charge < -0.3 is 15.7 Å². The van der Waals surface area contributed by atoms with Gasteiger partial charge in [0.2, 0.25) is 0 Å². The summed E-state index contributed by atoms with van der Waals surface area (Å²) in [5.41, 5.74) is 0. The summed E-state index contributed by atoms with van der Waals surface area (Å²) in [7, 11) is 0. The largest absolute Gasteiger partial charge is 0.481 e. The molecule has 0 unspecified atom stereocenters. The summed E-state index contributed by atoms with van der Waals surface area (Å²) in [4.78, 5) is 10.3. The number of nitrogens with one attached hydrogen (secondary N) is 2. The molecule has 0 spiro atoms. The van der Waals surface area contributed by atoms with Crippen LogP contribution in [0, 0.1) is 5.92 Å². The molecule has 0 amide bonds. The van der Waals surface area contributed by atoms with E-state index in [-0.39, 0.29) is 5.92 Å². The van der Waals surface area contributed by atoms with Crippen molar-refractivity contribution < 1.29 is 9.90 Å². The van der Waals surface area contributed by atoms with Crippen LogP contribution >= 0.6 is 0 Å². The number of piperidine rings is 1. The molecule has 0 aliphatic carbocycles. The second-order valence-corrected chi connectivity index (χ2v) is 3.34. The molecule has 0 saturated carbocycles. The summed E-state index contributed by atoms with van der Waals surface area (Å²) >= 11 is 0. The van der Waals surface area contributed by atoms with E-state index in [9.17, 15) is 4.79 Å². The molecule has 0 bridgehead atoms. The third-order valence-corrected chi connectivity index (χ3v) is 2.15. The van der Waals surface area contributed by atoms with Crippen molar-refractivity contribution in [2.45, 2.75) is 26.7 Å². The molecule has 1 saturated heterocycles. The smallest absolute Gasteiger partial charge is 0.307 e. The molecular formula is C10H22N2O2. The zero-order chi connectivity index (χ0) is 10.8. The number of aliphatic carboxylic acids is 1. The molecule has 1 heterocycles. The van der Waals surface area contributed by atoms with Crippen molar-refractivity contribution in [2.24, 2.45) is 5.92 Å². The summed E-state index contributed by atoms with van der Waals surface area (Å²) in [6.07, 6.45) is 1.83. The highest BCUT2D eigenvalue weighted by molar-refractivity contribution is 5.70. The van der Waals surface area contributed by atoms with Gasteiger partial charge in [-0.2, -0.15) is 0 Å². The number of hydrogen-bond acceptors (Lipinski definition) is 3. The molecular weight excluding hydrogens is 180 g/mol. The van der Waals surface area contributed by atoms with Crippen LogP contribution in [0.3, 0.4) is 0 Å². The summed E-state index contributed by atoms with van der Waals surface area (Å²) < 4.78 is 0. The Bertz CT molecular complexity index is 143. The quantitative estimate of drug-likeness (QED) is 0.630. The van der Waals surface area contributed by atoms with Crippen molar-refractivity contribution in [1.82, 2.24) is 10.6 Å². The predicted molar refractivity (Wildman–Crippen MR) is 57.4 cm³/mol. The lowest BCUT2D eigenvalue weighted by molar-refractivity contribution is -0.142. The first kappa shape index (κ1) is 13.4. The number of carbonyl (C=O) groups is 1. The van der Waals surface area contributed by atoms with Crippen LogP contribution in [0.5, 0.6) is 0 Å². The van der Waals surface area contributed by atoms with Gasteiger partial charge in [0, 0.05) is 6.54 Å². The van der Waals surface area contributed by atoms with Crippen LogP contribution in [0.2, 0.25) is 0 Å². The van der Waals surface area contributed by atoms with Crippen LogP contribution in [0.15, 0.2) is 0 Å². The van der Waals surface area contributed by atoms with E-state index in [1.54, 1.807) is 0 Å². The van der Waals surface area contributed by atoms with Gasteiger partial charge in [0.05, 0.1) is 5.92 Å². The van der Waals surface area contributed by atoms with Crippen molar-refractivity contribution in [3.05, 3.63) is 0 Å². The van der Waals surface area contributed by atoms with Crippen molar-refractivity contribution in [1.29, 1.82) is 0 Å². The molecule has 1 aliphatic heterocycles. The normalized spacial score (nSPS) is 20.9. The van der Waals surface area contributed by atoms with Crippen molar-refractivity contribution in [2.75, 3.05) is 26.2 Å². The molecule has 1 atom stereocenters. The molecule has 4 nitrogen and oxygen atoms in total. The Balaban J connectivity index is 0.000000292. The minimum absolute atomic E-state index is 0.140. The molecule has 0 aromatic carbocycles. The van der Waals surface area contributed by atoms with E-state index < -0.39 is 5.97 Å². The second-order valence-electron chi connectivity index (χ2n) is 3.34. The highest BCUT2D eigenvalue weighted by Crippen LogP contribution is 2.08. The molecule has 1 fully saturated rings. The predicted octanol–water partition coefficient (Wildman–Crippen LogP) is 0.686. The van der Waals surface area contributed by atoms with E-state index in [0.29, 0.717) is 6.54 Å². The maximum atomic E-state index is 10.3. The van der Waals surface area contributed by atoms with Gasteiger partial charge >= 0.3 is 5.97 Å². The average molecular weight is 202 g/mol. The van der Waals surface area contributed by atoms with Gasteiger partial charge in [-0.3, -0.25) is 4.79 Å². The minimum Gasteiger partial charge on any atom is -0.481 e. The second kappa shape index (κ2) is 8.97. The average Bonchev–Trinajstić information content (AvgIpc) is 2.21. The van der Waals surface area contributed by atoms with E-state index >= 15 is 0 Å². The number of rotatable bonds is 3. The molecule has 0 aromatic heterocycles. The Morgan fingerprint density at radius 1 is 1.50 bits per heavy atom. The zero-order valence-electron chi connectivity index (χ0n) is 9.18. The SMILES string of the molecule is CCNCC.O=C(O)[C@H]1CCCNC1. The minimum atomic E-state index is -0.665. The van der Waals surface area contributed by atoms with Gasteiger partial charge in [-0.15, -0.1) is 0 Å². The Morgan fingerprint density at radius 2 is 2.14 bits per heavy atom. The van der Waals surface area contributed by atoms with Crippen molar-refractivity contribution in [3.63, 3.8) is 0 Å². The van der Waals surface area contributed by atoms with Crippen LogP contribution in [0.25, 0.3) is 0 Å². The molecule has 3 N–H and O–H groups in total. The molecule has 84 valence electrons.